The lowest BCUT2D eigenvalue weighted by Crippen LogP contribution is -2.30. The van der Waals surface area contributed by atoms with Crippen molar-refractivity contribution in [2.24, 2.45) is 5.92 Å². The normalized spacial score (nSPS) is 10.9. The summed E-state index contributed by atoms with van der Waals surface area (Å²) < 4.78 is 10.9. The van der Waals surface area contributed by atoms with Crippen LogP contribution in [-0.2, 0) is 36.8 Å². The molecule has 0 aliphatic heterocycles. The van der Waals surface area contributed by atoms with Gasteiger partial charge >= 0.3 is 0 Å². The molecule has 6 heteroatoms. The van der Waals surface area contributed by atoms with E-state index in [0.29, 0.717) is 25.7 Å². The van der Waals surface area contributed by atoms with E-state index in [9.17, 15) is 14.4 Å². The third-order valence-corrected chi connectivity index (χ3v) is 3.97. The second-order valence-corrected chi connectivity index (χ2v) is 7.54. The monoisotopic (exact) mass is 391 g/mol. The SMILES string of the molecule is CC(=O)CC(=O)Cc1ccc(CN(C)C(=O)COCCCOCC(C)C)cc1. The van der Waals surface area contributed by atoms with Gasteiger partial charge in [-0.3, -0.25) is 14.4 Å². The number of rotatable bonds is 14. The summed E-state index contributed by atoms with van der Waals surface area (Å²) in [5, 5.41) is 0. The van der Waals surface area contributed by atoms with Crippen molar-refractivity contribution >= 4 is 17.5 Å². The van der Waals surface area contributed by atoms with Crippen molar-refractivity contribution in [1.82, 2.24) is 4.90 Å². The van der Waals surface area contributed by atoms with Gasteiger partial charge in [-0.25, -0.2) is 0 Å². The highest BCUT2D eigenvalue weighted by atomic mass is 16.5. The molecule has 0 N–H and O–H groups in total. The molecule has 1 aromatic carbocycles. The summed E-state index contributed by atoms with van der Waals surface area (Å²) in [5.41, 5.74) is 1.84. The molecule has 0 unspecified atom stereocenters. The van der Waals surface area contributed by atoms with Crippen molar-refractivity contribution in [3.05, 3.63) is 35.4 Å². The molecule has 1 aromatic rings. The van der Waals surface area contributed by atoms with Gasteiger partial charge in [0.15, 0.2) is 0 Å². The average molecular weight is 392 g/mol. The molecule has 1 amide bonds. The van der Waals surface area contributed by atoms with Crippen LogP contribution in [0.2, 0.25) is 0 Å². The van der Waals surface area contributed by atoms with E-state index >= 15 is 0 Å². The molecule has 0 saturated heterocycles. The van der Waals surface area contributed by atoms with Crippen LogP contribution in [0.5, 0.6) is 0 Å². The van der Waals surface area contributed by atoms with E-state index in [4.69, 9.17) is 9.47 Å². The highest BCUT2D eigenvalue weighted by Crippen LogP contribution is 2.09. The molecule has 0 saturated carbocycles. The summed E-state index contributed by atoms with van der Waals surface area (Å²) in [6.07, 6.45) is 1.000. The first kappa shape index (κ1) is 24.0. The van der Waals surface area contributed by atoms with E-state index in [0.717, 1.165) is 24.2 Å². The molecular formula is C22H33NO5. The Hall–Kier alpha value is -2.05. The van der Waals surface area contributed by atoms with Crippen LogP contribution in [0.1, 0.15) is 44.7 Å². The van der Waals surface area contributed by atoms with Crippen molar-refractivity contribution in [2.45, 2.75) is 46.6 Å². The second-order valence-electron chi connectivity index (χ2n) is 7.54. The number of carbonyl (C=O) groups is 3. The van der Waals surface area contributed by atoms with Crippen LogP contribution >= 0.6 is 0 Å². The number of hydrogen-bond donors (Lipinski definition) is 0. The molecule has 0 aliphatic carbocycles. The first-order valence-electron chi connectivity index (χ1n) is 9.76. The Bertz CT molecular complexity index is 624. The average Bonchev–Trinajstić information content (AvgIpc) is 2.61. The quantitative estimate of drug-likeness (QED) is 0.360. The van der Waals surface area contributed by atoms with Crippen LogP contribution in [-0.4, -0.2) is 55.8 Å². The number of amides is 1. The maximum Gasteiger partial charge on any atom is 0.248 e. The highest BCUT2D eigenvalue weighted by Gasteiger charge is 2.10. The summed E-state index contributed by atoms with van der Waals surface area (Å²) in [4.78, 5) is 36.4. The zero-order chi connectivity index (χ0) is 20.9. The van der Waals surface area contributed by atoms with Gasteiger partial charge in [0.1, 0.15) is 18.2 Å². The molecule has 0 aliphatic rings. The van der Waals surface area contributed by atoms with Gasteiger partial charge in [-0.2, -0.15) is 0 Å². The van der Waals surface area contributed by atoms with E-state index in [-0.39, 0.29) is 36.9 Å². The molecule has 0 bridgehead atoms. The van der Waals surface area contributed by atoms with Gasteiger partial charge in [-0.1, -0.05) is 38.1 Å². The lowest BCUT2D eigenvalue weighted by atomic mass is 10.0. The Labute approximate surface area is 168 Å². The summed E-state index contributed by atoms with van der Waals surface area (Å²) in [6, 6.07) is 7.51. The molecule has 1 rings (SSSR count). The minimum atomic E-state index is -0.118. The maximum absolute atomic E-state index is 12.1. The van der Waals surface area contributed by atoms with Gasteiger partial charge in [-0.05, 0) is 30.4 Å². The topological polar surface area (TPSA) is 72.9 Å². The zero-order valence-corrected chi connectivity index (χ0v) is 17.5. The Morgan fingerprint density at radius 3 is 2.21 bits per heavy atom. The summed E-state index contributed by atoms with van der Waals surface area (Å²) >= 11 is 0. The minimum Gasteiger partial charge on any atom is -0.381 e. The first-order chi connectivity index (χ1) is 13.3. The van der Waals surface area contributed by atoms with Crippen molar-refractivity contribution in [1.29, 1.82) is 0 Å². The fourth-order valence-electron chi connectivity index (χ4n) is 2.54. The Morgan fingerprint density at radius 1 is 1.00 bits per heavy atom. The number of ether oxygens (including phenoxy) is 2. The third kappa shape index (κ3) is 10.9. The van der Waals surface area contributed by atoms with Crippen LogP contribution in [0.15, 0.2) is 24.3 Å². The van der Waals surface area contributed by atoms with Gasteiger partial charge < -0.3 is 14.4 Å². The molecular weight excluding hydrogens is 358 g/mol. The first-order valence-corrected chi connectivity index (χ1v) is 9.76. The van der Waals surface area contributed by atoms with E-state index < -0.39 is 0 Å². The predicted octanol–water partition coefficient (Wildman–Crippen LogP) is 2.82. The molecule has 0 fully saturated rings. The fraction of sp³-hybridized carbons (Fsp3) is 0.591. The number of carbonyl (C=O) groups excluding carboxylic acids is 3. The zero-order valence-electron chi connectivity index (χ0n) is 17.5. The summed E-state index contributed by atoms with van der Waals surface area (Å²) in [6.45, 7) is 8.03. The summed E-state index contributed by atoms with van der Waals surface area (Å²) in [5.74, 6) is 0.237. The lowest BCUT2D eigenvalue weighted by molar-refractivity contribution is -0.135. The summed E-state index contributed by atoms with van der Waals surface area (Å²) in [7, 11) is 1.74. The minimum absolute atomic E-state index is 0.0250. The molecule has 6 nitrogen and oxygen atoms in total. The van der Waals surface area contributed by atoms with Crippen LogP contribution in [0.3, 0.4) is 0 Å². The van der Waals surface area contributed by atoms with E-state index in [2.05, 4.69) is 13.8 Å². The van der Waals surface area contributed by atoms with Gasteiger partial charge in [0.05, 0.1) is 6.42 Å². The standard InChI is InChI=1S/C22H33NO5/c1-17(2)15-27-10-5-11-28-16-22(26)23(4)14-20-8-6-19(7-9-20)13-21(25)12-18(3)24/h6-9,17H,5,10-16H2,1-4H3. The lowest BCUT2D eigenvalue weighted by Gasteiger charge is -2.17. The molecule has 0 heterocycles. The van der Waals surface area contributed by atoms with Crippen LogP contribution < -0.4 is 0 Å². The molecule has 0 atom stereocenters. The van der Waals surface area contributed by atoms with Gasteiger partial charge in [0.25, 0.3) is 0 Å². The molecule has 0 spiro atoms. The number of ketones is 2. The van der Waals surface area contributed by atoms with Crippen LogP contribution in [0.25, 0.3) is 0 Å². The van der Waals surface area contributed by atoms with Crippen molar-refractivity contribution in [3.63, 3.8) is 0 Å². The predicted molar refractivity (Wildman–Crippen MR) is 108 cm³/mol. The Kier molecular flexibility index (Phi) is 11.3. The van der Waals surface area contributed by atoms with E-state index in [1.54, 1.807) is 11.9 Å². The van der Waals surface area contributed by atoms with Crippen LogP contribution in [0.4, 0.5) is 0 Å². The molecule has 156 valence electrons. The Balaban J connectivity index is 2.28. The second kappa shape index (κ2) is 13.2. The van der Waals surface area contributed by atoms with E-state index in [1.165, 1.54) is 6.92 Å². The molecule has 0 radical (unpaired) electrons. The number of benzene rings is 1. The highest BCUT2D eigenvalue weighted by molar-refractivity contribution is 5.98. The van der Waals surface area contributed by atoms with Crippen molar-refractivity contribution in [3.8, 4) is 0 Å². The third-order valence-electron chi connectivity index (χ3n) is 3.97. The van der Waals surface area contributed by atoms with Crippen molar-refractivity contribution < 1.29 is 23.9 Å². The van der Waals surface area contributed by atoms with E-state index in [1.807, 2.05) is 24.3 Å². The molecule has 28 heavy (non-hydrogen) atoms. The number of hydrogen-bond acceptors (Lipinski definition) is 5. The maximum atomic E-state index is 12.1. The number of nitrogens with zero attached hydrogens (tertiary/aromatic N) is 1. The largest absolute Gasteiger partial charge is 0.381 e. The number of Topliss-reactive ketones (excluding diaryl/α,β-unsaturated/α-hetero) is 2. The van der Waals surface area contributed by atoms with Gasteiger partial charge in [-0.15, -0.1) is 0 Å². The Morgan fingerprint density at radius 2 is 1.61 bits per heavy atom. The molecule has 0 aromatic heterocycles. The van der Waals surface area contributed by atoms with Gasteiger partial charge in [0.2, 0.25) is 5.91 Å². The van der Waals surface area contributed by atoms with Crippen molar-refractivity contribution in [2.75, 3.05) is 33.5 Å². The fourth-order valence-corrected chi connectivity index (χ4v) is 2.54. The van der Waals surface area contributed by atoms with Crippen LogP contribution in [0, 0.1) is 5.92 Å². The van der Waals surface area contributed by atoms with Gasteiger partial charge in [0, 0.05) is 39.8 Å². The smallest absolute Gasteiger partial charge is 0.248 e. The number of likely N-dealkylation sites (N-methyl/N-ethyl adjacent to an activating group) is 1.